The molecule has 0 bridgehead atoms. The monoisotopic (exact) mass is 714 g/mol. The van der Waals surface area contributed by atoms with E-state index in [0.717, 1.165) is 10.7 Å². The van der Waals surface area contributed by atoms with Gasteiger partial charge in [-0.15, -0.1) is 16.9 Å². The van der Waals surface area contributed by atoms with Crippen LogP contribution in [0.1, 0.15) is 33.6 Å². The number of fused-ring (bicyclic) bond motifs is 1. The van der Waals surface area contributed by atoms with Gasteiger partial charge in [-0.2, -0.15) is 5.10 Å². The first-order valence-corrected chi connectivity index (χ1v) is 17.6. The van der Waals surface area contributed by atoms with Gasteiger partial charge in [-0.25, -0.2) is 0 Å². The van der Waals surface area contributed by atoms with E-state index >= 15 is 0 Å². The average molecular weight is 715 g/mol. The van der Waals surface area contributed by atoms with Crippen LogP contribution in [0.15, 0.2) is 41.4 Å². The number of rotatable bonds is 20. The fraction of sp³-hybridized carbons (Fsp3) is 0.545. The Morgan fingerprint density at radius 1 is 0.800 bits per heavy atom. The van der Waals surface area contributed by atoms with Gasteiger partial charge in [-0.05, 0) is 30.7 Å². The number of imide groups is 2. The molecule has 0 saturated carbocycles. The van der Waals surface area contributed by atoms with E-state index < -0.39 is 29.7 Å². The molecule has 1 N–H and O–H groups in total. The van der Waals surface area contributed by atoms with Gasteiger partial charge >= 0.3 is 0 Å². The summed E-state index contributed by atoms with van der Waals surface area (Å²) >= 11 is 1.39. The summed E-state index contributed by atoms with van der Waals surface area (Å²) in [6.07, 6.45) is 1.83. The number of amides is 5. The Morgan fingerprint density at radius 3 is 2.10 bits per heavy atom. The number of ether oxygens (including phenoxy) is 5. The molecule has 16 nitrogen and oxygen atoms in total. The van der Waals surface area contributed by atoms with E-state index in [1.165, 1.54) is 11.8 Å². The minimum absolute atomic E-state index is 0.0237. The number of benzene rings is 1. The molecular weight excluding hydrogens is 672 g/mol. The smallest absolute Gasteiger partial charge is 0.263 e. The molecule has 0 spiro atoms. The van der Waals surface area contributed by atoms with Crippen LogP contribution >= 0.6 is 11.8 Å². The van der Waals surface area contributed by atoms with Crippen molar-refractivity contribution in [2.45, 2.75) is 23.8 Å². The standard InChI is InChI=1S/C33H42N6O10S/c40-28-7-6-25(31(42)35-28)39-32(43)24-3-1-4-26(30(24)33(39)44)50-22-21-48-18-17-46-14-13-45-15-16-47-19-20-49-23-29(41)38-11-9-37(10-12-38)27-5-2-8-34-36-27/h1-5,8,25H,6-7,9-23H2,(H,35,40,42). The number of thioether (sulfide) groups is 1. The van der Waals surface area contributed by atoms with Crippen LogP contribution < -0.4 is 10.2 Å². The molecule has 3 aliphatic heterocycles. The van der Waals surface area contributed by atoms with Crippen molar-refractivity contribution in [1.82, 2.24) is 25.3 Å². The van der Waals surface area contributed by atoms with Crippen LogP contribution in [0, 0.1) is 0 Å². The first kappa shape index (κ1) is 37.3. The normalized spacial score (nSPS) is 17.8. The summed E-state index contributed by atoms with van der Waals surface area (Å²) in [7, 11) is 0. The lowest BCUT2D eigenvalue weighted by atomic mass is 10.0. The molecule has 0 aliphatic carbocycles. The fourth-order valence-electron chi connectivity index (χ4n) is 5.59. The minimum Gasteiger partial charge on any atom is -0.378 e. The van der Waals surface area contributed by atoms with Gasteiger partial charge in [0.05, 0.1) is 70.6 Å². The Hall–Kier alpha value is -4.00. The lowest BCUT2D eigenvalue weighted by Crippen LogP contribution is -2.54. The van der Waals surface area contributed by atoms with Crippen molar-refractivity contribution in [3.63, 3.8) is 0 Å². The molecule has 3 aliphatic rings. The Kier molecular flexibility index (Phi) is 14.5. The minimum atomic E-state index is -0.995. The van der Waals surface area contributed by atoms with Crippen molar-refractivity contribution in [3.8, 4) is 0 Å². The fourth-order valence-corrected chi connectivity index (χ4v) is 6.53. The van der Waals surface area contributed by atoms with Crippen LogP contribution in [0.5, 0.6) is 0 Å². The molecule has 0 radical (unpaired) electrons. The third kappa shape index (κ3) is 10.3. The van der Waals surface area contributed by atoms with Crippen LogP contribution in [0.3, 0.4) is 0 Å². The number of anilines is 1. The Bertz CT molecular complexity index is 1480. The van der Waals surface area contributed by atoms with Gasteiger partial charge in [0, 0.05) is 49.4 Å². The number of piperazine rings is 1. The topological polar surface area (TPSA) is 179 Å². The third-order valence-corrected chi connectivity index (χ3v) is 9.17. The van der Waals surface area contributed by atoms with E-state index in [9.17, 15) is 24.0 Å². The summed E-state index contributed by atoms with van der Waals surface area (Å²) in [5.74, 6) is -0.766. The Balaban J connectivity index is 0.821. The highest BCUT2D eigenvalue weighted by Gasteiger charge is 2.45. The zero-order valence-corrected chi connectivity index (χ0v) is 28.6. The lowest BCUT2D eigenvalue weighted by molar-refractivity contribution is -0.137. The largest absolute Gasteiger partial charge is 0.378 e. The molecule has 2 aromatic rings. The van der Waals surface area contributed by atoms with Crippen molar-refractivity contribution < 1.29 is 47.7 Å². The van der Waals surface area contributed by atoms with Crippen molar-refractivity contribution >= 4 is 47.1 Å². The number of hydrogen-bond donors (Lipinski definition) is 1. The number of carbonyl (C=O) groups excluding carboxylic acids is 5. The molecule has 5 rings (SSSR count). The van der Waals surface area contributed by atoms with Gasteiger partial charge in [0.15, 0.2) is 5.82 Å². The number of nitrogens with one attached hydrogen (secondary N) is 1. The average Bonchev–Trinajstić information content (AvgIpc) is 3.39. The summed E-state index contributed by atoms with van der Waals surface area (Å²) in [6, 6.07) is 7.81. The van der Waals surface area contributed by atoms with Crippen molar-refractivity contribution in [2.24, 2.45) is 0 Å². The van der Waals surface area contributed by atoms with Crippen LogP contribution in [0.2, 0.25) is 0 Å². The van der Waals surface area contributed by atoms with E-state index in [2.05, 4.69) is 20.4 Å². The predicted octanol–water partition coefficient (Wildman–Crippen LogP) is 0.402. The molecule has 2 saturated heterocycles. The van der Waals surface area contributed by atoms with Crippen molar-refractivity contribution in [3.05, 3.63) is 47.7 Å². The molecule has 1 aromatic carbocycles. The van der Waals surface area contributed by atoms with Crippen molar-refractivity contribution in [1.29, 1.82) is 0 Å². The maximum absolute atomic E-state index is 13.2. The quantitative estimate of drug-likeness (QED) is 0.113. The van der Waals surface area contributed by atoms with Gasteiger partial charge < -0.3 is 33.5 Å². The number of aromatic nitrogens is 2. The van der Waals surface area contributed by atoms with E-state index in [1.54, 1.807) is 29.3 Å². The Morgan fingerprint density at radius 2 is 1.46 bits per heavy atom. The summed E-state index contributed by atoms with van der Waals surface area (Å²) in [4.78, 5) is 67.8. The van der Waals surface area contributed by atoms with Gasteiger partial charge in [-0.3, -0.25) is 34.2 Å². The second-order valence-corrected chi connectivity index (χ2v) is 12.6. The molecule has 1 atom stereocenters. The maximum atomic E-state index is 13.2. The molecule has 17 heteroatoms. The molecule has 4 heterocycles. The molecule has 270 valence electrons. The van der Waals surface area contributed by atoms with Gasteiger partial charge in [0.25, 0.3) is 11.8 Å². The summed E-state index contributed by atoms with van der Waals surface area (Å²) < 4.78 is 27.6. The molecule has 50 heavy (non-hydrogen) atoms. The molecule has 1 unspecified atom stereocenters. The molecule has 1 aromatic heterocycles. The van der Waals surface area contributed by atoms with Gasteiger partial charge in [0.2, 0.25) is 17.7 Å². The van der Waals surface area contributed by atoms with Gasteiger partial charge in [-0.1, -0.05) is 6.07 Å². The predicted molar refractivity (Wildman–Crippen MR) is 179 cm³/mol. The number of carbonyl (C=O) groups is 5. The summed E-state index contributed by atoms with van der Waals surface area (Å²) in [6.45, 7) is 6.18. The first-order valence-electron chi connectivity index (χ1n) is 16.6. The maximum Gasteiger partial charge on any atom is 0.263 e. The third-order valence-electron chi connectivity index (χ3n) is 8.14. The SMILES string of the molecule is O=C1CCC(N2C(=O)c3cccc(SCCOCCOCCOCCOCCOCC(=O)N4CCN(c5cccnn5)CC4)c3C2=O)C(=O)N1. The highest BCUT2D eigenvalue weighted by Crippen LogP contribution is 2.34. The second-order valence-electron chi connectivity index (χ2n) is 11.4. The van der Waals surface area contributed by atoms with Gasteiger partial charge in [0.1, 0.15) is 12.6 Å². The zero-order valence-electron chi connectivity index (χ0n) is 27.8. The molecule has 5 amide bonds. The zero-order chi connectivity index (χ0) is 35.1. The number of piperidine rings is 1. The second kappa shape index (κ2) is 19.4. The van der Waals surface area contributed by atoms with Crippen LogP contribution in [-0.2, 0) is 38.1 Å². The van der Waals surface area contributed by atoms with E-state index in [1.807, 2.05) is 12.1 Å². The number of hydrogen-bond acceptors (Lipinski definition) is 14. The highest BCUT2D eigenvalue weighted by atomic mass is 32.2. The van der Waals surface area contributed by atoms with Crippen LogP contribution in [-0.4, -0.2) is 154 Å². The lowest BCUT2D eigenvalue weighted by Gasteiger charge is -2.35. The molecule has 2 fully saturated rings. The van der Waals surface area contributed by atoms with Crippen LogP contribution in [0.4, 0.5) is 5.82 Å². The van der Waals surface area contributed by atoms with E-state index in [-0.39, 0.29) is 36.5 Å². The number of nitrogens with zero attached hydrogens (tertiary/aromatic N) is 5. The summed E-state index contributed by atoms with van der Waals surface area (Å²) in [5.41, 5.74) is 0.537. The van der Waals surface area contributed by atoms with E-state index in [4.69, 9.17) is 23.7 Å². The Labute approximate surface area is 294 Å². The van der Waals surface area contributed by atoms with E-state index in [0.29, 0.717) is 96.3 Å². The summed E-state index contributed by atoms with van der Waals surface area (Å²) in [5, 5.41) is 10.2. The highest BCUT2D eigenvalue weighted by molar-refractivity contribution is 7.99. The van der Waals surface area contributed by atoms with Crippen LogP contribution in [0.25, 0.3) is 0 Å². The first-order chi connectivity index (χ1) is 24.4. The van der Waals surface area contributed by atoms with Crippen molar-refractivity contribution in [2.75, 3.05) is 103 Å². The molecular formula is C33H42N6O10S.